The summed E-state index contributed by atoms with van der Waals surface area (Å²) in [5.74, 6) is -0.156. The van der Waals surface area contributed by atoms with Gasteiger partial charge in [-0.2, -0.15) is 0 Å². The average molecular weight is 235 g/mol. The second-order valence-corrected chi connectivity index (χ2v) is 4.43. The van der Waals surface area contributed by atoms with E-state index in [1.54, 1.807) is 0 Å². The number of hydrogen-bond acceptors (Lipinski definition) is 3. The van der Waals surface area contributed by atoms with Crippen LogP contribution in [0.4, 0.5) is 5.69 Å². The molecule has 0 saturated heterocycles. The summed E-state index contributed by atoms with van der Waals surface area (Å²) in [7, 11) is 0. The van der Waals surface area contributed by atoms with E-state index in [0.29, 0.717) is 13.0 Å². The minimum Gasteiger partial charge on any atom is -0.466 e. The van der Waals surface area contributed by atoms with Crippen molar-refractivity contribution in [1.29, 1.82) is 0 Å². The van der Waals surface area contributed by atoms with Crippen LogP contribution >= 0.6 is 0 Å². The van der Waals surface area contributed by atoms with Gasteiger partial charge in [0.25, 0.3) is 0 Å². The maximum absolute atomic E-state index is 11.3. The zero-order valence-electron chi connectivity index (χ0n) is 11.0. The highest BCUT2D eigenvalue weighted by atomic mass is 16.5. The van der Waals surface area contributed by atoms with Crippen molar-refractivity contribution < 1.29 is 9.53 Å². The van der Waals surface area contributed by atoms with E-state index < -0.39 is 0 Å². The van der Waals surface area contributed by atoms with Crippen LogP contribution in [0.25, 0.3) is 0 Å². The van der Waals surface area contributed by atoms with Gasteiger partial charge >= 0.3 is 5.97 Å². The van der Waals surface area contributed by atoms with Gasteiger partial charge in [-0.15, -0.1) is 0 Å². The van der Waals surface area contributed by atoms with Gasteiger partial charge in [-0.1, -0.05) is 6.07 Å². The van der Waals surface area contributed by atoms with Crippen molar-refractivity contribution in [2.24, 2.45) is 0 Å². The van der Waals surface area contributed by atoms with E-state index in [1.165, 1.54) is 11.1 Å². The van der Waals surface area contributed by atoms with Crippen LogP contribution in [-0.2, 0) is 9.53 Å². The number of esters is 1. The Hall–Kier alpha value is -1.51. The van der Waals surface area contributed by atoms with Crippen molar-refractivity contribution in [2.75, 3.05) is 11.9 Å². The van der Waals surface area contributed by atoms with Crippen LogP contribution in [-0.4, -0.2) is 18.6 Å². The zero-order valence-corrected chi connectivity index (χ0v) is 11.0. The monoisotopic (exact) mass is 235 g/mol. The summed E-state index contributed by atoms with van der Waals surface area (Å²) in [5, 5.41) is 3.31. The lowest BCUT2D eigenvalue weighted by Crippen LogP contribution is -2.21. The lowest BCUT2D eigenvalue weighted by atomic mass is 10.1. The molecule has 0 aliphatic rings. The Morgan fingerprint density at radius 1 is 1.29 bits per heavy atom. The van der Waals surface area contributed by atoms with Gasteiger partial charge in [0.2, 0.25) is 0 Å². The van der Waals surface area contributed by atoms with Crippen molar-refractivity contribution >= 4 is 11.7 Å². The molecule has 0 amide bonds. The van der Waals surface area contributed by atoms with Crippen molar-refractivity contribution in [2.45, 2.75) is 40.2 Å². The smallest absolute Gasteiger partial charge is 0.307 e. The Morgan fingerprint density at radius 2 is 1.88 bits per heavy atom. The molecule has 0 heterocycles. The Balaban J connectivity index is 2.55. The quantitative estimate of drug-likeness (QED) is 0.797. The molecule has 1 N–H and O–H groups in total. The minimum atomic E-state index is -0.156. The largest absolute Gasteiger partial charge is 0.466 e. The summed E-state index contributed by atoms with van der Waals surface area (Å²) in [6, 6.07) is 6.36. The third kappa shape index (κ3) is 4.89. The molecule has 0 bridgehead atoms. The van der Waals surface area contributed by atoms with E-state index in [0.717, 1.165) is 5.69 Å². The summed E-state index contributed by atoms with van der Waals surface area (Å²) < 4.78 is 4.92. The summed E-state index contributed by atoms with van der Waals surface area (Å²) in [5.41, 5.74) is 3.49. The topological polar surface area (TPSA) is 38.3 Å². The summed E-state index contributed by atoms with van der Waals surface area (Å²) >= 11 is 0. The van der Waals surface area contributed by atoms with Crippen LogP contribution in [0.2, 0.25) is 0 Å². The molecule has 94 valence electrons. The molecule has 0 fully saturated rings. The van der Waals surface area contributed by atoms with E-state index in [9.17, 15) is 4.79 Å². The zero-order chi connectivity index (χ0) is 12.8. The molecule has 17 heavy (non-hydrogen) atoms. The number of nitrogens with one attached hydrogen (secondary N) is 1. The Bertz CT molecular complexity index is 368. The number of hydrogen-bond donors (Lipinski definition) is 1. The lowest BCUT2D eigenvalue weighted by Gasteiger charge is -2.15. The van der Waals surface area contributed by atoms with Gasteiger partial charge in [0.15, 0.2) is 0 Å². The molecule has 0 aliphatic heterocycles. The van der Waals surface area contributed by atoms with Gasteiger partial charge in [0.05, 0.1) is 13.0 Å². The van der Waals surface area contributed by atoms with Gasteiger partial charge in [0, 0.05) is 11.7 Å². The lowest BCUT2D eigenvalue weighted by molar-refractivity contribution is -0.143. The van der Waals surface area contributed by atoms with Gasteiger partial charge in [-0.3, -0.25) is 4.79 Å². The normalized spacial score (nSPS) is 12.0. The number of benzene rings is 1. The van der Waals surface area contributed by atoms with Gasteiger partial charge < -0.3 is 10.1 Å². The number of aryl methyl sites for hydroxylation is 2. The maximum Gasteiger partial charge on any atom is 0.307 e. The third-order valence-corrected chi connectivity index (χ3v) is 2.41. The first-order valence-electron chi connectivity index (χ1n) is 6.01. The fourth-order valence-corrected chi connectivity index (χ4v) is 1.86. The predicted molar refractivity (Wildman–Crippen MR) is 70.3 cm³/mol. The SMILES string of the molecule is CCOC(=O)CC(C)Nc1cc(C)cc(C)c1. The van der Waals surface area contributed by atoms with Crippen molar-refractivity contribution in [3.05, 3.63) is 29.3 Å². The highest BCUT2D eigenvalue weighted by Gasteiger charge is 2.09. The molecule has 1 aromatic carbocycles. The molecular formula is C14H21NO2. The summed E-state index contributed by atoms with van der Waals surface area (Å²) in [6.07, 6.45) is 0.390. The Morgan fingerprint density at radius 3 is 2.41 bits per heavy atom. The Kier molecular flexibility index (Phi) is 5.01. The third-order valence-electron chi connectivity index (χ3n) is 2.41. The number of rotatable bonds is 5. The second kappa shape index (κ2) is 6.28. The van der Waals surface area contributed by atoms with Crippen LogP contribution in [0.15, 0.2) is 18.2 Å². The van der Waals surface area contributed by atoms with Crippen LogP contribution in [0.5, 0.6) is 0 Å². The highest BCUT2D eigenvalue weighted by molar-refractivity contribution is 5.70. The molecular weight excluding hydrogens is 214 g/mol. The summed E-state index contributed by atoms with van der Waals surface area (Å²) in [4.78, 5) is 11.3. The molecule has 3 nitrogen and oxygen atoms in total. The molecule has 1 atom stereocenters. The Labute approximate surface area is 103 Å². The standard InChI is InChI=1S/C14H21NO2/c1-5-17-14(16)9-12(4)15-13-7-10(2)6-11(3)8-13/h6-8,12,15H,5,9H2,1-4H3. The second-order valence-electron chi connectivity index (χ2n) is 4.43. The first-order chi connectivity index (χ1) is 8.01. The van der Waals surface area contributed by atoms with Crippen LogP contribution < -0.4 is 5.32 Å². The van der Waals surface area contributed by atoms with E-state index in [2.05, 4.69) is 37.4 Å². The first kappa shape index (κ1) is 13.6. The molecule has 3 heteroatoms. The van der Waals surface area contributed by atoms with Crippen LogP contribution in [0, 0.1) is 13.8 Å². The van der Waals surface area contributed by atoms with Gasteiger partial charge in [-0.25, -0.2) is 0 Å². The number of ether oxygens (including phenoxy) is 1. The molecule has 0 spiro atoms. The average Bonchev–Trinajstić information content (AvgIpc) is 2.14. The van der Waals surface area contributed by atoms with E-state index in [4.69, 9.17) is 4.74 Å². The fourth-order valence-electron chi connectivity index (χ4n) is 1.86. The minimum absolute atomic E-state index is 0.0789. The number of carbonyl (C=O) groups is 1. The maximum atomic E-state index is 11.3. The van der Waals surface area contributed by atoms with Gasteiger partial charge in [-0.05, 0) is 51.0 Å². The number of carbonyl (C=O) groups excluding carboxylic acids is 1. The van der Waals surface area contributed by atoms with Crippen LogP contribution in [0.1, 0.15) is 31.4 Å². The predicted octanol–water partition coefficient (Wildman–Crippen LogP) is 3.06. The van der Waals surface area contributed by atoms with Crippen molar-refractivity contribution in [3.8, 4) is 0 Å². The summed E-state index contributed by atoms with van der Waals surface area (Å²) in [6.45, 7) is 8.37. The van der Waals surface area contributed by atoms with Crippen LogP contribution in [0.3, 0.4) is 0 Å². The van der Waals surface area contributed by atoms with E-state index >= 15 is 0 Å². The molecule has 0 radical (unpaired) electrons. The van der Waals surface area contributed by atoms with E-state index in [1.807, 2.05) is 13.8 Å². The molecule has 1 aromatic rings. The van der Waals surface area contributed by atoms with Crippen molar-refractivity contribution in [1.82, 2.24) is 0 Å². The molecule has 0 aliphatic carbocycles. The highest BCUT2D eigenvalue weighted by Crippen LogP contribution is 2.15. The fraction of sp³-hybridized carbons (Fsp3) is 0.500. The van der Waals surface area contributed by atoms with E-state index in [-0.39, 0.29) is 12.0 Å². The van der Waals surface area contributed by atoms with Crippen molar-refractivity contribution in [3.63, 3.8) is 0 Å². The molecule has 0 saturated carbocycles. The first-order valence-corrected chi connectivity index (χ1v) is 6.01. The molecule has 0 aromatic heterocycles. The molecule has 1 unspecified atom stereocenters. The molecule has 1 rings (SSSR count). The van der Waals surface area contributed by atoms with Gasteiger partial charge in [0.1, 0.15) is 0 Å². The number of anilines is 1.